The number of unbranched alkanes of at least 4 members (excludes halogenated alkanes) is 13. The molecule has 0 amide bonds. The largest absolute Gasteiger partial charge is 0.479 e. The number of aliphatic carboxylic acids is 1. The van der Waals surface area contributed by atoms with E-state index >= 15 is 0 Å². The first-order chi connectivity index (χ1) is 10.7. The third-order valence-corrected chi connectivity index (χ3v) is 5.03. The van der Waals surface area contributed by atoms with Gasteiger partial charge in [-0.2, -0.15) is 0 Å². The summed E-state index contributed by atoms with van der Waals surface area (Å²) >= 11 is 1.12. The molecule has 1 atom stereocenters. The van der Waals surface area contributed by atoms with Crippen molar-refractivity contribution < 1.29 is 15.0 Å². The minimum atomic E-state index is -1.25. The smallest absolute Gasteiger partial charge is 0.343 e. The Morgan fingerprint density at radius 1 is 0.773 bits per heavy atom. The van der Waals surface area contributed by atoms with Crippen LogP contribution in [-0.2, 0) is 4.79 Å². The van der Waals surface area contributed by atoms with Crippen LogP contribution in [-0.4, -0.2) is 27.4 Å². The van der Waals surface area contributed by atoms with Gasteiger partial charge in [0.25, 0.3) is 0 Å². The molecule has 0 spiro atoms. The van der Waals surface area contributed by atoms with Crippen LogP contribution in [0.2, 0.25) is 0 Å². The summed E-state index contributed by atoms with van der Waals surface area (Å²) in [5, 5.41) is 17.6. The number of rotatable bonds is 17. The van der Waals surface area contributed by atoms with Crippen LogP contribution in [0.4, 0.5) is 0 Å². The van der Waals surface area contributed by atoms with Crippen LogP contribution >= 0.6 is 11.8 Å². The highest BCUT2D eigenvalue weighted by Gasteiger charge is 2.11. The zero-order valence-electron chi connectivity index (χ0n) is 14.4. The van der Waals surface area contributed by atoms with Gasteiger partial charge >= 0.3 is 5.97 Å². The molecule has 0 aliphatic carbocycles. The number of aliphatic hydroxyl groups excluding tert-OH is 1. The van der Waals surface area contributed by atoms with Crippen LogP contribution in [0.3, 0.4) is 0 Å². The first kappa shape index (κ1) is 21.8. The summed E-state index contributed by atoms with van der Waals surface area (Å²) in [4.78, 5) is 10.4. The second kappa shape index (κ2) is 17.1. The molecule has 0 heterocycles. The SMILES string of the molecule is CCCCCCCCCCCCCCCCSC(O)C(=O)O. The lowest BCUT2D eigenvalue weighted by Gasteiger charge is -2.05. The molecule has 0 aromatic carbocycles. The van der Waals surface area contributed by atoms with Gasteiger partial charge in [-0.15, -0.1) is 11.8 Å². The van der Waals surface area contributed by atoms with Gasteiger partial charge in [-0.05, 0) is 12.2 Å². The average molecular weight is 333 g/mol. The molecule has 0 rings (SSSR count). The van der Waals surface area contributed by atoms with Crippen molar-refractivity contribution in [1.29, 1.82) is 0 Å². The molecule has 0 aromatic heterocycles. The van der Waals surface area contributed by atoms with Crippen LogP contribution < -0.4 is 0 Å². The normalized spacial score (nSPS) is 12.5. The monoisotopic (exact) mass is 332 g/mol. The zero-order chi connectivity index (χ0) is 16.5. The molecule has 2 N–H and O–H groups in total. The number of carboxylic acid groups (broad SMARTS) is 1. The van der Waals surface area contributed by atoms with Crippen molar-refractivity contribution in [2.75, 3.05) is 5.75 Å². The quantitative estimate of drug-likeness (QED) is 0.269. The van der Waals surface area contributed by atoms with E-state index in [4.69, 9.17) is 10.2 Å². The average Bonchev–Trinajstić information content (AvgIpc) is 2.50. The van der Waals surface area contributed by atoms with E-state index in [2.05, 4.69) is 6.92 Å². The second-order valence-electron chi connectivity index (χ2n) is 6.16. The van der Waals surface area contributed by atoms with Gasteiger partial charge in [-0.1, -0.05) is 90.4 Å². The maximum atomic E-state index is 10.4. The summed E-state index contributed by atoms with van der Waals surface area (Å²) in [6.45, 7) is 2.26. The van der Waals surface area contributed by atoms with Crippen LogP contribution in [0.25, 0.3) is 0 Å². The van der Waals surface area contributed by atoms with E-state index < -0.39 is 11.4 Å². The lowest BCUT2D eigenvalue weighted by atomic mass is 10.0. The Morgan fingerprint density at radius 3 is 1.50 bits per heavy atom. The van der Waals surface area contributed by atoms with Gasteiger partial charge in [-0.3, -0.25) is 0 Å². The van der Waals surface area contributed by atoms with Crippen molar-refractivity contribution in [1.82, 2.24) is 0 Å². The number of thioether (sulfide) groups is 1. The van der Waals surface area contributed by atoms with Crippen molar-refractivity contribution in [3.63, 3.8) is 0 Å². The third kappa shape index (κ3) is 16.2. The van der Waals surface area contributed by atoms with Crippen LogP contribution in [0.1, 0.15) is 96.8 Å². The maximum Gasteiger partial charge on any atom is 0.343 e. The molecule has 0 radical (unpaired) electrons. The molecule has 0 aromatic rings. The van der Waals surface area contributed by atoms with Gasteiger partial charge in [0.2, 0.25) is 0 Å². The Labute approximate surface area is 141 Å². The molecule has 132 valence electrons. The van der Waals surface area contributed by atoms with Crippen molar-refractivity contribution >= 4 is 17.7 Å². The standard InChI is InChI=1S/C18H36O3S/c1-2-3-4-5-6-7-8-9-10-11-12-13-14-15-16-22-18(21)17(19)20/h18,21H,2-16H2,1H3,(H,19,20). The lowest BCUT2D eigenvalue weighted by molar-refractivity contribution is -0.141. The summed E-state index contributed by atoms with van der Waals surface area (Å²) in [5.74, 6) is -0.388. The fourth-order valence-corrected chi connectivity index (χ4v) is 3.30. The molecular formula is C18H36O3S. The van der Waals surface area contributed by atoms with Crippen molar-refractivity contribution in [2.24, 2.45) is 0 Å². The molecule has 0 aliphatic heterocycles. The van der Waals surface area contributed by atoms with E-state index in [1.54, 1.807) is 0 Å². The Hall–Kier alpha value is -0.220. The van der Waals surface area contributed by atoms with E-state index in [1.165, 1.54) is 77.0 Å². The number of hydrogen-bond donors (Lipinski definition) is 2. The fraction of sp³-hybridized carbons (Fsp3) is 0.944. The summed E-state index contributed by atoms with van der Waals surface area (Å²) in [6, 6.07) is 0. The number of carboxylic acids is 1. The van der Waals surface area contributed by atoms with Gasteiger partial charge in [0.15, 0.2) is 5.44 Å². The Kier molecular flexibility index (Phi) is 17.0. The van der Waals surface area contributed by atoms with Gasteiger partial charge in [-0.25, -0.2) is 4.79 Å². The highest BCUT2D eigenvalue weighted by molar-refractivity contribution is 8.00. The highest BCUT2D eigenvalue weighted by atomic mass is 32.2. The molecule has 3 nitrogen and oxygen atoms in total. The van der Waals surface area contributed by atoms with E-state index in [9.17, 15) is 4.79 Å². The molecule has 1 unspecified atom stereocenters. The summed E-state index contributed by atoms with van der Waals surface area (Å²) in [6.07, 6.45) is 18.6. The third-order valence-electron chi connectivity index (χ3n) is 3.98. The fourth-order valence-electron chi connectivity index (χ4n) is 2.56. The summed E-state index contributed by atoms with van der Waals surface area (Å²) in [5.41, 5.74) is -1.25. The molecule has 22 heavy (non-hydrogen) atoms. The van der Waals surface area contributed by atoms with E-state index in [-0.39, 0.29) is 0 Å². The van der Waals surface area contributed by atoms with Gasteiger partial charge in [0.1, 0.15) is 0 Å². The molecule has 0 saturated heterocycles. The zero-order valence-corrected chi connectivity index (χ0v) is 15.2. The molecule has 0 bridgehead atoms. The number of aliphatic hydroxyl groups is 1. The van der Waals surface area contributed by atoms with Gasteiger partial charge < -0.3 is 10.2 Å². The maximum absolute atomic E-state index is 10.4. The molecule has 4 heteroatoms. The van der Waals surface area contributed by atoms with Gasteiger partial charge in [0.05, 0.1) is 0 Å². The van der Waals surface area contributed by atoms with Crippen LogP contribution in [0, 0.1) is 0 Å². The second-order valence-corrected chi connectivity index (χ2v) is 7.35. The molecule has 0 aliphatic rings. The lowest BCUT2D eigenvalue weighted by Crippen LogP contribution is -2.15. The van der Waals surface area contributed by atoms with E-state index in [0.717, 1.165) is 30.4 Å². The van der Waals surface area contributed by atoms with Crippen LogP contribution in [0.15, 0.2) is 0 Å². The molecular weight excluding hydrogens is 296 g/mol. The first-order valence-corrected chi connectivity index (χ1v) is 10.3. The summed E-state index contributed by atoms with van der Waals surface area (Å²) < 4.78 is 0. The minimum absolute atomic E-state index is 0.742. The predicted octanol–water partition coefficient (Wildman–Crippen LogP) is 5.60. The molecule has 0 fully saturated rings. The van der Waals surface area contributed by atoms with Crippen molar-refractivity contribution in [3.05, 3.63) is 0 Å². The number of hydrogen-bond acceptors (Lipinski definition) is 3. The van der Waals surface area contributed by atoms with E-state index in [0.29, 0.717) is 0 Å². The number of carbonyl (C=O) groups is 1. The predicted molar refractivity (Wildman–Crippen MR) is 96.4 cm³/mol. The van der Waals surface area contributed by atoms with Gasteiger partial charge in [0, 0.05) is 0 Å². The van der Waals surface area contributed by atoms with Crippen molar-refractivity contribution in [3.8, 4) is 0 Å². The summed E-state index contributed by atoms with van der Waals surface area (Å²) in [7, 11) is 0. The first-order valence-electron chi connectivity index (χ1n) is 9.21. The van der Waals surface area contributed by atoms with Crippen LogP contribution in [0.5, 0.6) is 0 Å². The Morgan fingerprint density at radius 2 is 1.14 bits per heavy atom. The molecule has 0 saturated carbocycles. The van der Waals surface area contributed by atoms with Crippen molar-refractivity contribution in [2.45, 2.75) is 102 Å². The highest BCUT2D eigenvalue weighted by Crippen LogP contribution is 2.15. The topological polar surface area (TPSA) is 57.5 Å². The van der Waals surface area contributed by atoms with E-state index in [1.807, 2.05) is 0 Å². The minimum Gasteiger partial charge on any atom is -0.479 e. The Bertz CT molecular complexity index is 246. The Balaban J connectivity index is 3.04.